The Bertz CT molecular complexity index is 191. The van der Waals surface area contributed by atoms with Crippen LogP contribution in [0.4, 0.5) is 0 Å². The summed E-state index contributed by atoms with van der Waals surface area (Å²) >= 11 is 0. The number of rotatable bonds is 3. The lowest BCUT2D eigenvalue weighted by Gasteiger charge is -2.25. The molecule has 0 heterocycles. The molecule has 0 fully saturated rings. The van der Waals surface area contributed by atoms with Gasteiger partial charge in [0, 0.05) is 6.04 Å². The van der Waals surface area contributed by atoms with Gasteiger partial charge in [0.2, 0.25) is 0 Å². The summed E-state index contributed by atoms with van der Waals surface area (Å²) < 4.78 is 0. The average Bonchev–Trinajstić information content (AvgIpc) is 2.17. The van der Waals surface area contributed by atoms with Crippen LogP contribution < -0.4 is 0 Å². The first kappa shape index (κ1) is 9.53. The van der Waals surface area contributed by atoms with Crippen molar-refractivity contribution in [2.45, 2.75) is 32.7 Å². The molecular weight excluding hydrogens is 146 g/mol. The number of nitrogens with zero attached hydrogens (tertiary/aromatic N) is 1. The monoisotopic (exact) mass is 165 g/mol. The maximum absolute atomic E-state index is 2.37. The van der Waals surface area contributed by atoms with Gasteiger partial charge in [-0.1, -0.05) is 37.6 Å². The van der Waals surface area contributed by atoms with Crippen LogP contribution in [0, 0.1) is 0 Å². The first-order chi connectivity index (χ1) is 5.77. The van der Waals surface area contributed by atoms with Crippen LogP contribution >= 0.6 is 0 Å². The quantitative estimate of drug-likeness (QED) is 0.621. The normalized spacial score (nSPS) is 23.0. The Morgan fingerprint density at radius 3 is 2.67 bits per heavy atom. The third kappa shape index (κ3) is 2.21. The molecule has 1 aliphatic rings. The Kier molecular flexibility index (Phi) is 3.54. The van der Waals surface area contributed by atoms with Crippen molar-refractivity contribution in [3.05, 3.63) is 23.8 Å². The SMILES string of the molecule is CCC1=CCC(N(C)CC)C=C1. The first-order valence-corrected chi connectivity index (χ1v) is 4.85. The van der Waals surface area contributed by atoms with E-state index in [0.717, 1.165) is 6.54 Å². The van der Waals surface area contributed by atoms with Crippen LogP contribution in [-0.2, 0) is 0 Å². The van der Waals surface area contributed by atoms with Crippen molar-refractivity contribution >= 4 is 0 Å². The minimum Gasteiger partial charge on any atom is -0.300 e. The topological polar surface area (TPSA) is 3.24 Å². The molecule has 0 saturated carbocycles. The molecule has 1 rings (SSSR count). The predicted molar refractivity (Wildman–Crippen MR) is 54.2 cm³/mol. The van der Waals surface area contributed by atoms with Gasteiger partial charge in [0.25, 0.3) is 0 Å². The van der Waals surface area contributed by atoms with Gasteiger partial charge in [-0.2, -0.15) is 0 Å². The van der Waals surface area contributed by atoms with Crippen molar-refractivity contribution in [3.8, 4) is 0 Å². The lowest BCUT2D eigenvalue weighted by Crippen LogP contribution is -2.30. The van der Waals surface area contributed by atoms with Crippen molar-refractivity contribution in [2.75, 3.05) is 13.6 Å². The van der Waals surface area contributed by atoms with Gasteiger partial charge in [-0.15, -0.1) is 0 Å². The van der Waals surface area contributed by atoms with Gasteiger partial charge in [-0.25, -0.2) is 0 Å². The third-order valence-corrected chi connectivity index (χ3v) is 2.63. The highest BCUT2D eigenvalue weighted by molar-refractivity contribution is 5.24. The Morgan fingerprint density at radius 2 is 2.25 bits per heavy atom. The molecule has 1 atom stereocenters. The predicted octanol–water partition coefficient (Wildman–Crippen LogP) is 2.60. The van der Waals surface area contributed by atoms with Crippen molar-refractivity contribution in [1.29, 1.82) is 0 Å². The zero-order chi connectivity index (χ0) is 8.97. The van der Waals surface area contributed by atoms with Gasteiger partial charge in [0.05, 0.1) is 0 Å². The smallest absolute Gasteiger partial charge is 0.0312 e. The van der Waals surface area contributed by atoms with Gasteiger partial charge in [0.1, 0.15) is 0 Å². The second-order valence-electron chi connectivity index (χ2n) is 3.37. The molecule has 0 aromatic heterocycles. The lowest BCUT2D eigenvalue weighted by molar-refractivity contribution is 0.296. The van der Waals surface area contributed by atoms with Crippen LogP contribution in [0.3, 0.4) is 0 Å². The highest BCUT2D eigenvalue weighted by Crippen LogP contribution is 2.16. The summed E-state index contributed by atoms with van der Waals surface area (Å²) in [6.45, 7) is 5.54. The molecule has 68 valence electrons. The first-order valence-electron chi connectivity index (χ1n) is 4.85. The van der Waals surface area contributed by atoms with Gasteiger partial charge >= 0.3 is 0 Å². The molecule has 1 nitrogen and oxygen atoms in total. The number of hydrogen-bond acceptors (Lipinski definition) is 1. The molecule has 0 aromatic rings. The lowest BCUT2D eigenvalue weighted by atomic mass is 10.0. The average molecular weight is 165 g/mol. The molecule has 0 aliphatic heterocycles. The molecule has 0 radical (unpaired) electrons. The van der Waals surface area contributed by atoms with E-state index in [4.69, 9.17) is 0 Å². The summed E-state index contributed by atoms with van der Waals surface area (Å²) in [4.78, 5) is 2.37. The van der Waals surface area contributed by atoms with Crippen molar-refractivity contribution in [2.24, 2.45) is 0 Å². The van der Waals surface area contributed by atoms with Crippen LogP contribution in [0.25, 0.3) is 0 Å². The van der Waals surface area contributed by atoms with E-state index in [-0.39, 0.29) is 0 Å². The molecule has 0 spiro atoms. The molecule has 12 heavy (non-hydrogen) atoms. The fraction of sp³-hybridized carbons (Fsp3) is 0.636. The van der Waals surface area contributed by atoms with E-state index < -0.39 is 0 Å². The zero-order valence-electron chi connectivity index (χ0n) is 8.38. The van der Waals surface area contributed by atoms with E-state index in [9.17, 15) is 0 Å². The van der Waals surface area contributed by atoms with E-state index in [2.05, 4.69) is 44.0 Å². The Hall–Kier alpha value is -0.560. The van der Waals surface area contributed by atoms with E-state index in [1.807, 2.05) is 0 Å². The Balaban J connectivity index is 2.48. The fourth-order valence-corrected chi connectivity index (χ4v) is 1.48. The number of allylic oxidation sites excluding steroid dienone is 2. The summed E-state index contributed by atoms with van der Waals surface area (Å²) in [6.07, 6.45) is 9.29. The van der Waals surface area contributed by atoms with Crippen molar-refractivity contribution < 1.29 is 0 Å². The van der Waals surface area contributed by atoms with Crippen molar-refractivity contribution in [1.82, 2.24) is 4.90 Å². The number of hydrogen-bond donors (Lipinski definition) is 0. The molecule has 0 aromatic carbocycles. The maximum Gasteiger partial charge on any atom is 0.0312 e. The van der Waals surface area contributed by atoms with Crippen LogP contribution in [-0.4, -0.2) is 24.5 Å². The largest absolute Gasteiger partial charge is 0.300 e. The Morgan fingerprint density at radius 1 is 1.50 bits per heavy atom. The minimum atomic E-state index is 0.630. The molecule has 0 N–H and O–H groups in total. The standard InChI is InChI=1S/C11H19N/c1-4-10-6-8-11(9-7-10)12(3)5-2/h6-8,11H,4-5,9H2,1-3H3. The Labute approximate surface area is 75.8 Å². The van der Waals surface area contributed by atoms with Gasteiger partial charge in [0.15, 0.2) is 0 Å². The minimum absolute atomic E-state index is 0.630. The van der Waals surface area contributed by atoms with E-state index >= 15 is 0 Å². The zero-order valence-corrected chi connectivity index (χ0v) is 8.38. The van der Waals surface area contributed by atoms with Crippen molar-refractivity contribution in [3.63, 3.8) is 0 Å². The highest BCUT2D eigenvalue weighted by Gasteiger charge is 2.10. The van der Waals surface area contributed by atoms with Gasteiger partial charge in [-0.3, -0.25) is 4.90 Å². The molecule has 0 amide bonds. The maximum atomic E-state index is 2.37. The van der Waals surface area contributed by atoms with E-state index in [1.54, 1.807) is 0 Å². The molecule has 0 saturated heterocycles. The molecule has 1 heteroatoms. The summed E-state index contributed by atoms with van der Waals surface area (Å²) in [6, 6.07) is 0.630. The summed E-state index contributed by atoms with van der Waals surface area (Å²) in [5, 5.41) is 0. The van der Waals surface area contributed by atoms with Crippen LogP contribution in [0.1, 0.15) is 26.7 Å². The van der Waals surface area contributed by atoms with Gasteiger partial charge < -0.3 is 0 Å². The summed E-state index contributed by atoms with van der Waals surface area (Å²) in [5.74, 6) is 0. The summed E-state index contributed by atoms with van der Waals surface area (Å²) in [5.41, 5.74) is 1.48. The van der Waals surface area contributed by atoms with Crippen LogP contribution in [0.15, 0.2) is 23.8 Å². The molecule has 1 unspecified atom stereocenters. The van der Waals surface area contributed by atoms with E-state index in [0.29, 0.717) is 6.04 Å². The van der Waals surface area contributed by atoms with E-state index in [1.165, 1.54) is 18.4 Å². The summed E-state index contributed by atoms with van der Waals surface area (Å²) in [7, 11) is 2.18. The molecule has 1 aliphatic carbocycles. The van der Waals surface area contributed by atoms with Crippen LogP contribution in [0.5, 0.6) is 0 Å². The second-order valence-corrected chi connectivity index (χ2v) is 3.37. The van der Waals surface area contributed by atoms with Gasteiger partial charge in [-0.05, 0) is 26.4 Å². The highest BCUT2D eigenvalue weighted by atomic mass is 15.1. The fourth-order valence-electron chi connectivity index (χ4n) is 1.48. The number of likely N-dealkylation sites (N-methyl/N-ethyl adjacent to an activating group) is 1. The second kappa shape index (κ2) is 4.46. The third-order valence-electron chi connectivity index (χ3n) is 2.63. The molecular formula is C11H19N. The van der Waals surface area contributed by atoms with Crippen LogP contribution in [0.2, 0.25) is 0 Å². The molecule has 0 bridgehead atoms.